The Morgan fingerprint density at radius 1 is 1.50 bits per heavy atom. The molecule has 3 nitrogen and oxygen atoms in total. The molecule has 0 amide bonds. The number of halogens is 1. The van der Waals surface area contributed by atoms with Crippen molar-refractivity contribution < 1.29 is 5.11 Å². The minimum absolute atomic E-state index is 0.496. The van der Waals surface area contributed by atoms with E-state index >= 15 is 0 Å². The van der Waals surface area contributed by atoms with Crippen molar-refractivity contribution >= 4 is 27.3 Å². The van der Waals surface area contributed by atoms with E-state index in [0.29, 0.717) is 12.2 Å². The van der Waals surface area contributed by atoms with E-state index in [9.17, 15) is 5.11 Å². The molecule has 1 rings (SSSR count). The van der Waals surface area contributed by atoms with E-state index in [1.807, 2.05) is 18.2 Å². The van der Waals surface area contributed by atoms with Gasteiger partial charge < -0.3 is 16.2 Å². The first-order chi connectivity index (χ1) is 6.38. The van der Waals surface area contributed by atoms with Crippen molar-refractivity contribution in [1.82, 2.24) is 0 Å². The molecule has 0 aliphatic rings. The average Bonchev–Trinajstić information content (AvgIpc) is 2.00. The van der Waals surface area contributed by atoms with Gasteiger partial charge in [0.25, 0.3) is 0 Å². The fraction of sp³-hybridized carbons (Fsp3) is 0.400. The van der Waals surface area contributed by atoms with Crippen LogP contribution in [0.2, 0.25) is 0 Å². The summed E-state index contributed by atoms with van der Waals surface area (Å²) in [4.78, 5) is 0. The van der Waals surface area contributed by atoms with Gasteiger partial charge in [0.1, 0.15) is 0 Å². The maximum absolute atomic E-state index is 9.52. The molecule has 1 aromatic rings. The minimum Gasteiger partial charge on any atom is -0.399 e. The Kier molecular flexibility index (Phi) is 3.39. The van der Waals surface area contributed by atoms with E-state index < -0.39 is 5.60 Å². The number of aliphatic hydroxyl groups is 1. The summed E-state index contributed by atoms with van der Waals surface area (Å²) < 4.78 is 0.904. The second-order valence-corrected chi connectivity index (χ2v) is 4.76. The summed E-state index contributed by atoms with van der Waals surface area (Å²) in [6.07, 6.45) is 0. The standard InChI is InChI=1S/C10H15BrN2O/c1-10(2,14)6-13-9-4-3-7(12)5-8(9)11/h3-5,13-14H,6,12H2,1-2H3. The summed E-state index contributed by atoms with van der Waals surface area (Å²) in [7, 11) is 0. The van der Waals surface area contributed by atoms with Gasteiger partial charge in [-0.1, -0.05) is 0 Å². The van der Waals surface area contributed by atoms with Crippen molar-refractivity contribution in [2.24, 2.45) is 0 Å². The second-order valence-electron chi connectivity index (χ2n) is 3.91. The van der Waals surface area contributed by atoms with Gasteiger partial charge in [-0.3, -0.25) is 0 Å². The molecule has 0 aliphatic heterocycles. The Bertz CT molecular complexity index is 320. The maximum atomic E-state index is 9.52. The quantitative estimate of drug-likeness (QED) is 0.729. The van der Waals surface area contributed by atoms with Crippen LogP contribution in [0.15, 0.2) is 22.7 Å². The van der Waals surface area contributed by atoms with Crippen LogP contribution in [-0.2, 0) is 0 Å². The molecule has 0 saturated carbocycles. The monoisotopic (exact) mass is 258 g/mol. The van der Waals surface area contributed by atoms with Crippen LogP contribution in [0.1, 0.15) is 13.8 Å². The van der Waals surface area contributed by atoms with E-state index in [4.69, 9.17) is 5.73 Å². The van der Waals surface area contributed by atoms with E-state index in [0.717, 1.165) is 10.2 Å². The van der Waals surface area contributed by atoms with Crippen molar-refractivity contribution in [1.29, 1.82) is 0 Å². The van der Waals surface area contributed by atoms with Crippen LogP contribution in [-0.4, -0.2) is 17.3 Å². The highest BCUT2D eigenvalue weighted by molar-refractivity contribution is 9.10. The van der Waals surface area contributed by atoms with Crippen LogP contribution >= 0.6 is 15.9 Å². The number of nitrogen functional groups attached to an aromatic ring is 1. The van der Waals surface area contributed by atoms with E-state index in [-0.39, 0.29) is 0 Å². The zero-order valence-corrected chi connectivity index (χ0v) is 9.93. The number of benzene rings is 1. The molecule has 4 N–H and O–H groups in total. The third kappa shape index (κ3) is 3.55. The molecular weight excluding hydrogens is 244 g/mol. The molecule has 0 heterocycles. The van der Waals surface area contributed by atoms with Crippen LogP contribution in [0.4, 0.5) is 11.4 Å². The lowest BCUT2D eigenvalue weighted by Gasteiger charge is -2.19. The smallest absolute Gasteiger partial charge is 0.0763 e. The normalized spacial score (nSPS) is 11.4. The number of hydrogen-bond acceptors (Lipinski definition) is 3. The lowest BCUT2D eigenvalue weighted by molar-refractivity contribution is 0.0945. The third-order valence-corrected chi connectivity index (χ3v) is 2.36. The highest BCUT2D eigenvalue weighted by atomic mass is 79.9. The van der Waals surface area contributed by atoms with E-state index in [2.05, 4.69) is 21.2 Å². The molecule has 0 bridgehead atoms. The van der Waals surface area contributed by atoms with Crippen molar-refractivity contribution in [2.45, 2.75) is 19.4 Å². The van der Waals surface area contributed by atoms with Gasteiger partial charge in [-0.15, -0.1) is 0 Å². The molecular formula is C10H15BrN2O. The predicted molar refractivity (Wildman–Crippen MR) is 63.3 cm³/mol. The van der Waals surface area contributed by atoms with Gasteiger partial charge in [-0.25, -0.2) is 0 Å². The Morgan fingerprint density at radius 3 is 2.64 bits per heavy atom. The molecule has 0 spiro atoms. The first-order valence-electron chi connectivity index (χ1n) is 4.40. The van der Waals surface area contributed by atoms with Gasteiger partial charge in [0, 0.05) is 22.4 Å². The molecule has 14 heavy (non-hydrogen) atoms. The van der Waals surface area contributed by atoms with E-state index in [1.165, 1.54) is 0 Å². The van der Waals surface area contributed by atoms with Gasteiger partial charge in [0.15, 0.2) is 0 Å². The van der Waals surface area contributed by atoms with Crippen molar-refractivity contribution in [3.8, 4) is 0 Å². The predicted octanol–water partition coefficient (Wildman–Crippen LogP) is 2.21. The van der Waals surface area contributed by atoms with Gasteiger partial charge in [0.2, 0.25) is 0 Å². The average molecular weight is 259 g/mol. The minimum atomic E-state index is -0.721. The van der Waals surface area contributed by atoms with Gasteiger partial charge >= 0.3 is 0 Å². The van der Waals surface area contributed by atoms with Gasteiger partial charge in [-0.05, 0) is 48.0 Å². The Labute approximate surface area is 92.4 Å². The molecule has 1 aromatic carbocycles. The Balaban J connectivity index is 2.68. The fourth-order valence-electron chi connectivity index (χ4n) is 0.986. The van der Waals surface area contributed by atoms with Gasteiger partial charge in [-0.2, -0.15) is 0 Å². The van der Waals surface area contributed by atoms with Crippen LogP contribution in [0.25, 0.3) is 0 Å². The van der Waals surface area contributed by atoms with Crippen LogP contribution in [0, 0.1) is 0 Å². The summed E-state index contributed by atoms with van der Waals surface area (Å²) in [5, 5.41) is 12.6. The van der Waals surface area contributed by atoms with Crippen LogP contribution in [0.3, 0.4) is 0 Å². The zero-order chi connectivity index (χ0) is 10.8. The summed E-state index contributed by atoms with van der Waals surface area (Å²) in [6, 6.07) is 5.52. The fourth-order valence-corrected chi connectivity index (χ4v) is 1.52. The number of rotatable bonds is 3. The van der Waals surface area contributed by atoms with Crippen LogP contribution < -0.4 is 11.1 Å². The summed E-state index contributed by atoms with van der Waals surface area (Å²) in [6.45, 7) is 4.01. The van der Waals surface area contributed by atoms with Crippen LogP contribution in [0.5, 0.6) is 0 Å². The third-order valence-electron chi connectivity index (χ3n) is 1.70. The molecule has 0 radical (unpaired) electrons. The topological polar surface area (TPSA) is 58.3 Å². The van der Waals surface area contributed by atoms with E-state index in [1.54, 1.807) is 13.8 Å². The molecule has 4 heteroatoms. The molecule has 0 unspecified atom stereocenters. The highest BCUT2D eigenvalue weighted by Gasteiger charge is 2.12. The second kappa shape index (κ2) is 4.19. The Morgan fingerprint density at radius 2 is 2.14 bits per heavy atom. The van der Waals surface area contributed by atoms with Crippen molar-refractivity contribution in [3.63, 3.8) is 0 Å². The molecule has 0 aliphatic carbocycles. The highest BCUT2D eigenvalue weighted by Crippen LogP contribution is 2.24. The summed E-state index contributed by atoms with van der Waals surface area (Å²) in [5.74, 6) is 0. The number of nitrogens with one attached hydrogen (secondary N) is 1. The zero-order valence-electron chi connectivity index (χ0n) is 8.34. The first-order valence-corrected chi connectivity index (χ1v) is 5.19. The van der Waals surface area contributed by atoms with Crippen molar-refractivity contribution in [3.05, 3.63) is 22.7 Å². The molecule has 0 atom stereocenters. The lowest BCUT2D eigenvalue weighted by Crippen LogP contribution is -2.29. The lowest BCUT2D eigenvalue weighted by atomic mass is 10.1. The SMILES string of the molecule is CC(C)(O)CNc1ccc(N)cc1Br. The summed E-state index contributed by atoms with van der Waals surface area (Å²) >= 11 is 3.39. The molecule has 0 saturated heterocycles. The molecule has 0 fully saturated rings. The molecule has 78 valence electrons. The number of nitrogens with two attached hydrogens (primary N) is 1. The Hall–Kier alpha value is -0.740. The number of anilines is 2. The summed E-state index contributed by atoms with van der Waals surface area (Å²) in [5.41, 5.74) is 6.53. The first kappa shape index (κ1) is 11.3. The van der Waals surface area contributed by atoms with Crippen molar-refractivity contribution in [2.75, 3.05) is 17.6 Å². The van der Waals surface area contributed by atoms with Gasteiger partial charge in [0.05, 0.1) is 5.60 Å². The number of hydrogen-bond donors (Lipinski definition) is 3. The largest absolute Gasteiger partial charge is 0.399 e. The maximum Gasteiger partial charge on any atom is 0.0763 e. The molecule has 0 aromatic heterocycles.